The summed E-state index contributed by atoms with van der Waals surface area (Å²) in [5, 5.41) is 1.91. The molecule has 1 unspecified atom stereocenters. The Labute approximate surface area is 124 Å². The van der Waals surface area contributed by atoms with E-state index in [9.17, 15) is 0 Å². The number of ether oxygens (including phenoxy) is 1. The van der Waals surface area contributed by atoms with Crippen molar-refractivity contribution in [2.24, 2.45) is 0 Å². The van der Waals surface area contributed by atoms with Gasteiger partial charge in [-0.3, -0.25) is 0 Å². The third kappa shape index (κ3) is 13.2. The van der Waals surface area contributed by atoms with E-state index in [0.717, 1.165) is 17.3 Å². The van der Waals surface area contributed by atoms with Crippen molar-refractivity contribution in [3.05, 3.63) is 0 Å². The Kier molecular flexibility index (Phi) is 15.8. The lowest BCUT2D eigenvalue weighted by molar-refractivity contribution is 0.0749. The lowest BCUT2D eigenvalue weighted by Gasteiger charge is -2.14. The molecule has 0 amide bonds. The Morgan fingerprint density at radius 2 is 1.47 bits per heavy atom. The minimum Gasteiger partial charge on any atom is -0.376 e. The lowest BCUT2D eigenvalue weighted by atomic mass is 10.1. The van der Waals surface area contributed by atoms with E-state index in [4.69, 9.17) is 4.74 Å². The normalized spacial score (nSPS) is 12.9. The third-order valence-corrected chi connectivity index (χ3v) is 4.03. The Bertz CT molecular complexity index is 142. The number of alkyl halides is 2. The van der Waals surface area contributed by atoms with Gasteiger partial charge in [0.15, 0.2) is 0 Å². The van der Waals surface area contributed by atoms with Crippen molar-refractivity contribution in [2.45, 2.75) is 70.8 Å². The molecule has 0 spiro atoms. The summed E-state index contributed by atoms with van der Waals surface area (Å²) in [4.78, 5) is 0. The monoisotopic (exact) mass is 370 g/mol. The fourth-order valence-corrected chi connectivity index (χ4v) is 2.62. The minimum absolute atomic E-state index is 0.410. The van der Waals surface area contributed by atoms with E-state index >= 15 is 0 Å². The summed E-state index contributed by atoms with van der Waals surface area (Å²) < 4.78 is 5.71. The average Bonchev–Trinajstić information content (AvgIpc) is 2.36. The molecule has 0 aliphatic rings. The van der Waals surface area contributed by atoms with Crippen LogP contribution in [0.2, 0.25) is 0 Å². The highest BCUT2D eigenvalue weighted by Crippen LogP contribution is 2.13. The molecule has 0 rings (SSSR count). The van der Waals surface area contributed by atoms with E-state index in [1.165, 1.54) is 57.8 Å². The molecule has 0 bridgehead atoms. The molecule has 0 fully saturated rings. The van der Waals surface area contributed by atoms with Crippen LogP contribution in [0.4, 0.5) is 0 Å². The average molecular weight is 372 g/mol. The van der Waals surface area contributed by atoms with Crippen LogP contribution in [0.5, 0.6) is 0 Å². The largest absolute Gasteiger partial charge is 0.376 e. The molecule has 104 valence electrons. The summed E-state index contributed by atoms with van der Waals surface area (Å²) >= 11 is 6.91. The van der Waals surface area contributed by atoms with Gasteiger partial charge in [0, 0.05) is 10.7 Å². The van der Waals surface area contributed by atoms with E-state index < -0.39 is 0 Å². The number of hydrogen-bond acceptors (Lipinski definition) is 1. The van der Waals surface area contributed by atoms with Crippen LogP contribution in [0.3, 0.4) is 0 Å². The standard InChI is InChI=1S/C14H28Br2O/c1-2-3-4-5-6-7-8-9-10-14(13-16)17-12-11-15/h14H,2-13H2,1H3. The summed E-state index contributed by atoms with van der Waals surface area (Å²) in [6.07, 6.45) is 12.7. The van der Waals surface area contributed by atoms with Crippen LogP contribution >= 0.6 is 31.9 Å². The summed E-state index contributed by atoms with van der Waals surface area (Å²) in [6.45, 7) is 3.10. The van der Waals surface area contributed by atoms with Crippen LogP contribution < -0.4 is 0 Å². The van der Waals surface area contributed by atoms with Gasteiger partial charge in [0.1, 0.15) is 0 Å². The van der Waals surface area contributed by atoms with Crippen LogP contribution in [0, 0.1) is 0 Å². The Morgan fingerprint density at radius 1 is 0.882 bits per heavy atom. The predicted molar refractivity (Wildman–Crippen MR) is 84.6 cm³/mol. The maximum atomic E-state index is 5.71. The molecular formula is C14H28Br2O. The van der Waals surface area contributed by atoms with Crippen molar-refractivity contribution in [3.8, 4) is 0 Å². The maximum Gasteiger partial charge on any atom is 0.0672 e. The summed E-state index contributed by atoms with van der Waals surface area (Å²) in [5.41, 5.74) is 0. The fraction of sp³-hybridized carbons (Fsp3) is 1.00. The van der Waals surface area contributed by atoms with Gasteiger partial charge in [-0.15, -0.1) is 0 Å². The number of halogens is 2. The highest BCUT2D eigenvalue weighted by atomic mass is 79.9. The van der Waals surface area contributed by atoms with Gasteiger partial charge in [-0.25, -0.2) is 0 Å². The van der Waals surface area contributed by atoms with E-state index in [2.05, 4.69) is 38.8 Å². The maximum absolute atomic E-state index is 5.71. The van der Waals surface area contributed by atoms with E-state index in [0.29, 0.717) is 6.10 Å². The highest BCUT2D eigenvalue weighted by molar-refractivity contribution is 9.09. The number of unbranched alkanes of at least 4 members (excludes halogenated alkanes) is 7. The van der Waals surface area contributed by atoms with Crippen molar-refractivity contribution in [3.63, 3.8) is 0 Å². The predicted octanol–water partition coefficient (Wildman–Crippen LogP) is 5.69. The smallest absolute Gasteiger partial charge is 0.0672 e. The molecule has 0 aromatic carbocycles. The molecule has 0 saturated heterocycles. The third-order valence-electron chi connectivity index (χ3n) is 2.98. The molecule has 1 atom stereocenters. The number of rotatable bonds is 13. The SMILES string of the molecule is CCCCCCCCCCC(CBr)OCCBr. The van der Waals surface area contributed by atoms with Crippen molar-refractivity contribution >= 4 is 31.9 Å². The van der Waals surface area contributed by atoms with Crippen molar-refractivity contribution in [1.29, 1.82) is 0 Å². The van der Waals surface area contributed by atoms with E-state index in [-0.39, 0.29) is 0 Å². The van der Waals surface area contributed by atoms with Gasteiger partial charge in [-0.2, -0.15) is 0 Å². The number of hydrogen-bond donors (Lipinski definition) is 0. The highest BCUT2D eigenvalue weighted by Gasteiger charge is 2.06. The molecule has 0 aromatic rings. The van der Waals surface area contributed by atoms with Gasteiger partial charge >= 0.3 is 0 Å². The first kappa shape index (κ1) is 17.9. The zero-order valence-corrected chi connectivity index (χ0v) is 14.4. The van der Waals surface area contributed by atoms with Crippen molar-refractivity contribution in [1.82, 2.24) is 0 Å². The molecule has 3 heteroatoms. The zero-order chi connectivity index (χ0) is 12.8. The second kappa shape index (κ2) is 15.0. The summed E-state index contributed by atoms with van der Waals surface area (Å²) in [6, 6.07) is 0. The quantitative estimate of drug-likeness (QED) is 0.298. The molecule has 0 heterocycles. The molecule has 0 saturated carbocycles. The van der Waals surface area contributed by atoms with Crippen LogP contribution in [0.15, 0.2) is 0 Å². The summed E-state index contributed by atoms with van der Waals surface area (Å²) in [5.74, 6) is 0. The molecule has 0 aliphatic heterocycles. The van der Waals surface area contributed by atoms with Crippen LogP contribution in [-0.4, -0.2) is 23.4 Å². The molecule has 1 nitrogen and oxygen atoms in total. The van der Waals surface area contributed by atoms with Crippen LogP contribution in [0.1, 0.15) is 64.7 Å². The first-order chi connectivity index (χ1) is 8.35. The molecule has 17 heavy (non-hydrogen) atoms. The molecular weight excluding hydrogens is 344 g/mol. The fourth-order valence-electron chi connectivity index (χ4n) is 1.92. The Balaban J connectivity index is 3.19. The first-order valence-corrected chi connectivity index (χ1v) is 9.33. The molecule has 0 aliphatic carbocycles. The van der Waals surface area contributed by atoms with Crippen LogP contribution in [0.25, 0.3) is 0 Å². The topological polar surface area (TPSA) is 9.23 Å². The molecule has 0 N–H and O–H groups in total. The van der Waals surface area contributed by atoms with Gasteiger partial charge in [0.2, 0.25) is 0 Å². The van der Waals surface area contributed by atoms with Crippen molar-refractivity contribution in [2.75, 3.05) is 17.3 Å². The van der Waals surface area contributed by atoms with Gasteiger partial charge < -0.3 is 4.74 Å². The van der Waals surface area contributed by atoms with Gasteiger partial charge in [0.05, 0.1) is 12.7 Å². The molecule has 0 radical (unpaired) electrons. The van der Waals surface area contributed by atoms with Gasteiger partial charge in [0.25, 0.3) is 0 Å². The van der Waals surface area contributed by atoms with Gasteiger partial charge in [-0.05, 0) is 6.42 Å². The first-order valence-electron chi connectivity index (χ1n) is 7.08. The Morgan fingerprint density at radius 3 is 2.00 bits per heavy atom. The second-order valence-corrected chi connectivity index (χ2v) is 6.04. The zero-order valence-electron chi connectivity index (χ0n) is 11.2. The van der Waals surface area contributed by atoms with E-state index in [1.54, 1.807) is 0 Å². The summed E-state index contributed by atoms with van der Waals surface area (Å²) in [7, 11) is 0. The van der Waals surface area contributed by atoms with Gasteiger partial charge in [-0.1, -0.05) is 90.2 Å². The Hall–Kier alpha value is 0.920. The minimum atomic E-state index is 0.410. The van der Waals surface area contributed by atoms with Crippen LogP contribution in [-0.2, 0) is 4.74 Å². The lowest BCUT2D eigenvalue weighted by Crippen LogP contribution is -2.15. The second-order valence-electron chi connectivity index (χ2n) is 4.60. The molecule has 0 aromatic heterocycles. The van der Waals surface area contributed by atoms with Crippen molar-refractivity contribution < 1.29 is 4.74 Å². The van der Waals surface area contributed by atoms with E-state index in [1.807, 2.05) is 0 Å².